The number of methoxy groups -OCH3 is 2. The van der Waals surface area contributed by atoms with Gasteiger partial charge in [0.1, 0.15) is 11.5 Å². The fraction of sp³-hybridized carbons (Fsp3) is 0.455. The predicted octanol–water partition coefficient (Wildman–Crippen LogP) is 2.21. The number of rotatable bonds is 9. The highest BCUT2D eigenvalue weighted by molar-refractivity contribution is 5.49. The van der Waals surface area contributed by atoms with Gasteiger partial charge in [0.05, 0.1) is 20.3 Å². The Hall–Kier alpha value is -2.32. The molecule has 0 radical (unpaired) electrons. The van der Waals surface area contributed by atoms with Crippen LogP contribution in [0.15, 0.2) is 48.5 Å². The molecule has 2 aromatic rings. The molecule has 1 aliphatic rings. The molecular weight excluding hydrogens is 370 g/mol. The first-order valence-electron chi connectivity index (χ1n) is 9.93. The Labute approximate surface area is 172 Å². The summed E-state index contributed by atoms with van der Waals surface area (Å²) in [4.78, 5) is 4.80. The van der Waals surface area contributed by atoms with Crippen molar-refractivity contribution in [2.75, 3.05) is 51.8 Å². The number of aliphatic hydroxyl groups is 1. The lowest BCUT2D eigenvalue weighted by Crippen LogP contribution is -2.47. The molecule has 0 bridgehead atoms. The van der Waals surface area contributed by atoms with Crippen molar-refractivity contribution in [3.05, 3.63) is 54.1 Å². The third-order valence-corrected chi connectivity index (χ3v) is 5.29. The Bertz CT molecular complexity index is 746. The van der Waals surface area contributed by atoms with Gasteiger partial charge in [-0.2, -0.15) is 0 Å². The van der Waals surface area contributed by atoms with E-state index in [2.05, 4.69) is 21.9 Å². The highest BCUT2D eigenvalue weighted by Crippen LogP contribution is 2.26. The lowest BCUT2D eigenvalue weighted by Gasteiger charge is -2.36. The van der Waals surface area contributed by atoms with Gasteiger partial charge in [-0.15, -0.1) is 0 Å². The SMILES string of the molecule is COc1ccc(N2CCN(CCC(OC(N)O)c3cccc(OC)c3)CC2)cc1. The van der Waals surface area contributed by atoms with Crippen LogP contribution in [-0.4, -0.2) is 63.4 Å². The highest BCUT2D eigenvalue weighted by atomic mass is 16.6. The van der Waals surface area contributed by atoms with Crippen LogP contribution < -0.4 is 20.1 Å². The number of aliphatic hydroxyl groups excluding tert-OH is 1. The summed E-state index contributed by atoms with van der Waals surface area (Å²) in [6.07, 6.45) is -0.855. The second-order valence-corrected chi connectivity index (χ2v) is 7.11. The number of ether oxygens (including phenoxy) is 3. The first-order chi connectivity index (χ1) is 14.1. The quantitative estimate of drug-likeness (QED) is 0.624. The van der Waals surface area contributed by atoms with Gasteiger partial charge in [0.2, 0.25) is 6.41 Å². The zero-order chi connectivity index (χ0) is 20.6. The lowest BCUT2D eigenvalue weighted by molar-refractivity contribution is -0.136. The molecule has 2 unspecified atom stereocenters. The first-order valence-corrected chi connectivity index (χ1v) is 9.93. The summed E-state index contributed by atoms with van der Waals surface area (Å²) in [5, 5.41) is 9.54. The minimum atomic E-state index is -1.31. The third-order valence-electron chi connectivity index (χ3n) is 5.29. The van der Waals surface area contributed by atoms with Crippen LogP contribution in [0.1, 0.15) is 18.1 Å². The van der Waals surface area contributed by atoms with Gasteiger partial charge in [-0.25, -0.2) is 0 Å². The summed E-state index contributed by atoms with van der Waals surface area (Å²) in [6, 6.07) is 15.9. The maximum Gasteiger partial charge on any atom is 0.211 e. The van der Waals surface area contributed by atoms with Crippen LogP contribution >= 0.6 is 0 Å². The van der Waals surface area contributed by atoms with Crippen LogP contribution in [-0.2, 0) is 4.74 Å². The van der Waals surface area contributed by atoms with Gasteiger partial charge in [0.25, 0.3) is 0 Å². The van der Waals surface area contributed by atoms with E-state index in [4.69, 9.17) is 19.9 Å². The summed E-state index contributed by atoms with van der Waals surface area (Å²) < 4.78 is 16.1. The Kier molecular flexibility index (Phi) is 7.71. The van der Waals surface area contributed by atoms with E-state index in [0.29, 0.717) is 0 Å². The topological polar surface area (TPSA) is 80.4 Å². The van der Waals surface area contributed by atoms with Crippen molar-refractivity contribution >= 4 is 5.69 Å². The lowest BCUT2D eigenvalue weighted by atomic mass is 10.1. The number of hydrogen-bond donors (Lipinski definition) is 2. The zero-order valence-electron chi connectivity index (χ0n) is 17.2. The minimum Gasteiger partial charge on any atom is -0.497 e. The molecule has 1 fully saturated rings. The van der Waals surface area contributed by atoms with E-state index < -0.39 is 6.41 Å². The number of benzene rings is 2. The van der Waals surface area contributed by atoms with Crippen molar-refractivity contribution in [2.24, 2.45) is 5.73 Å². The molecule has 158 valence electrons. The average Bonchev–Trinajstić information content (AvgIpc) is 2.77. The van der Waals surface area contributed by atoms with Crippen molar-refractivity contribution < 1.29 is 19.3 Å². The van der Waals surface area contributed by atoms with Crippen LogP contribution in [0, 0.1) is 0 Å². The molecule has 7 heteroatoms. The van der Waals surface area contributed by atoms with Crippen LogP contribution in [0.25, 0.3) is 0 Å². The fourth-order valence-corrected chi connectivity index (χ4v) is 3.65. The Morgan fingerprint density at radius 3 is 2.28 bits per heavy atom. The van der Waals surface area contributed by atoms with Gasteiger partial charge in [-0.3, -0.25) is 10.6 Å². The summed E-state index contributed by atoms with van der Waals surface area (Å²) in [5.74, 6) is 1.63. The molecule has 2 atom stereocenters. The van der Waals surface area contributed by atoms with E-state index in [1.54, 1.807) is 14.2 Å². The van der Waals surface area contributed by atoms with Gasteiger partial charge in [0, 0.05) is 38.4 Å². The van der Waals surface area contributed by atoms with Crippen LogP contribution in [0.5, 0.6) is 11.5 Å². The molecule has 1 heterocycles. The molecule has 0 aromatic heterocycles. The summed E-state index contributed by atoms with van der Waals surface area (Å²) in [5.41, 5.74) is 7.65. The largest absolute Gasteiger partial charge is 0.497 e. The second kappa shape index (κ2) is 10.5. The van der Waals surface area contributed by atoms with Crippen LogP contribution in [0.2, 0.25) is 0 Å². The molecule has 0 amide bonds. The van der Waals surface area contributed by atoms with Crippen molar-refractivity contribution in [2.45, 2.75) is 18.9 Å². The Balaban J connectivity index is 1.53. The van der Waals surface area contributed by atoms with E-state index in [1.807, 2.05) is 36.4 Å². The number of anilines is 1. The maximum atomic E-state index is 9.54. The average molecular weight is 402 g/mol. The number of nitrogens with two attached hydrogens (primary N) is 1. The molecule has 2 aromatic carbocycles. The van der Waals surface area contributed by atoms with E-state index in [1.165, 1.54) is 5.69 Å². The zero-order valence-corrected chi connectivity index (χ0v) is 17.2. The standard InChI is InChI=1S/C22H31N3O4/c1-27-19-8-6-18(7-9-19)25-14-12-24(13-15-25)11-10-21(29-22(23)26)17-4-3-5-20(16-17)28-2/h3-9,16,21-22,26H,10-15,23H2,1-2H3. The normalized spacial score (nSPS) is 17.0. The van der Waals surface area contributed by atoms with E-state index in [-0.39, 0.29) is 6.10 Å². The van der Waals surface area contributed by atoms with Gasteiger partial charge in [0.15, 0.2) is 0 Å². The van der Waals surface area contributed by atoms with Gasteiger partial charge >= 0.3 is 0 Å². The Morgan fingerprint density at radius 2 is 1.66 bits per heavy atom. The van der Waals surface area contributed by atoms with Crippen molar-refractivity contribution in [3.63, 3.8) is 0 Å². The summed E-state index contributed by atoms with van der Waals surface area (Å²) in [6.45, 7) is 4.75. The smallest absolute Gasteiger partial charge is 0.211 e. The molecule has 3 N–H and O–H groups in total. The molecular formula is C22H31N3O4. The van der Waals surface area contributed by atoms with Crippen LogP contribution in [0.3, 0.4) is 0 Å². The molecule has 7 nitrogen and oxygen atoms in total. The molecule has 1 aliphatic heterocycles. The van der Waals surface area contributed by atoms with Crippen LogP contribution in [0.4, 0.5) is 5.69 Å². The maximum absolute atomic E-state index is 9.54. The third kappa shape index (κ3) is 6.08. The monoisotopic (exact) mass is 401 g/mol. The summed E-state index contributed by atoms with van der Waals surface area (Å²) >= 11 is 0. The molecule has 1 saturated heterocycles. The van der Waals surface area contributed by atoms with Gasteiger partial charge < -0.3 is 24.2 Å². The molecule has 0 saturated carbocycles. The van der Waals surface area contributed by atoms with Crippen molar-refractivity contribution in [3.8, 4) is 11.5 Å². The van der Waals surface area contributed by atoms with Gasteiger partial charge in [-0.05, 0) is 48.4 Å². The van der Waals surface area contributed by atoms with Gasteiger partial charge in [-0.1, -0.05) is 12.1 Å². The van der Waals surface area contributed by atoms with E-state index >= 15 is 0 Å². The number of hydrogen-bond acceptors (Lipinski definition) is 7. The fourth-order valence-electron chi connectivity index (χ4n) is 3.65. The van der Waals surface area contributed by atoms with Crippen molar-refractivity contribution in [1.82, 2.24) is 4.90 Å². The molecule has 29 heavy (non-hydrogen) atoms. The molecule has 3 rings (SSSR count). The first kappa shape index (κ1) is 21.4. The Morgan fingerprint density at radius 1 is 0.966 bits per heavy atom. The number of piperazine rings is 1. The summed E-state index contributed by atoms with van der Waals surface area (Å²) in [7, 11) is 3.31. The molecule has 0 spiro atoms. The van der Waals surface area contributed by atoms with Crippen molar-refractivity contribution in [1.29, 1.82) is 0 Å². The van der Waals surface area contributed by atoms with E-state index in [9.17, 15) is 5.11 Å². The number of nitrogens with zero attached hydrogens (tertiary/aromatic N) is 2. The minimum absolute atomic E-state index is 0.287. The predicted molar refractivity (Wildman–Crippen MR) is 113 cm³/mol. The second-order valence-electron chi connectivity index (χ2n) is 7.11. The molecule has 0 aliphatic carbocycles. The van der Waals surface area contributed by atoms with E-state index in [0.717, 1.165) is 56.2 Å². The highest BCUT2D eigenvalue weighted by Gasteiger charge is 2.21.